The number of rotatable bonds is 5. The van der Waals surface area contributed by atoms with Gasteiger partial charge in [0.15, 0.2) is 0 Å². The SMILES string of the molecule is C=C/C=C(\C=C)C(=O)N(C)CCC. The molecule has 0 heterocycles. The Balaban J connectivity index is 4.45. The van der Waals surface area contributed by atoms with Crippen molar-refractivity contribution in [3.05, 3.63) is 37.0 Å². The van der Waals surface area contributed by atoms with Gasteiger partial charge in [0.2, 0.25) is 0 Å². The summed E-state index contributed by atoms with van der Waals surface area (Å²) in [6.07, 6.45) is 5.77. The van der Waals surface area contributed by atoms with Crippen LogP contribution in [-0.2, 0) is 4.79 Å². The Morgan fingerprint density at radius 3 is 2.46 bits per heavy atom. The van der Waals surface area contributed by atoms with Crippen molar-refractivity contribution in [2.45, 2.75) is 13.3 Å². The van der Waals surface area contributed by atoms with Gasteiger partial charge in [-0.2, -0.15) is 0 Å². The van der Waals surface area contributed by atoms with Crippen LogP contribution in [0.5, 0.6) is 0 Å². The number of amides is 1. The molecule has 0 bridgehead atoms. The molecule has 0 aliphatic heterocycles. The molecule has 0 fully saturated rings. The summed E-state index contributed by atoms with van der Waals surface area (Å²) >= 11 is 0. The molecule has 0 rings (SSSR count). The van der Waals surface area contributed by atoms with E-state index in [0.29, 0.717) is 5.57 Å². The molecule has 0 unspecified atom stereocenters. The zero-order valence-corrected chi connectivity index (χ0v) is 8.42. The van der Waals surface area contributed by atoms with Gasteiger partial charge in [0.05, 0.1) is 0 Å². The molecule has 0 aromatic rings. The maximum atomic E-state index is 11.6. The highest BCUT2D eigenvalue weighted by molar-refractivity contribution is 5.96. The monoisotopic (exact) mass is 179 g/mol. The molecule has 0 aromatic heterocycles. The predicted octanol–water partition coefficient (Wildman–Crippen LogP) is 2.15. The molecule has 1 amide bonds. The molecule has 0 atom stereocenters. The third-order valence-corrected chi connectivity index (χ3v) is 1.67. The number of nitrogens with zero attached hydrogens (tertiary/aromatic N) is 1. The molecule has 72 valence electrons. The van der Waals surface area contributed by atoms with Crippen LogP contribution in [0.4, 0.5) is 0 Å². The van der Waals surface area contributed by atoms with Gasteiger partial charge in [-0.25, -0.2) is 0 Å². The normalized spacial score (nSPS) is 10.8. The van der Waals surface area contributed by atoms with Crippen LogP contribution in [0.3, 0.4) is 0 Å². The fraction of sp³-hybridized carbons (Fsp3) is 0.364. The summed E-state index contributed by atoms with van der Waals surface area (Å²) in [6, 6.07) is 0. The number of allylic oxidation sites excluding steroid dienone is 2. The third-order valence-electron chi connectivity index (χ3n) is 1.67. The highest BCUT2D eigenvalue weighted by Crippen LogP contribution is 2.02. The van der Waals surface area contributed by atoms with E-state index >= 15 is 0 Å². The van der Waals surface area contributed by atoms with Crippen LogP contribution in [-0.4, -0.2) is 24.4 Å². The van der Waals surface area contributed by atoms with Crippen molar-refractivity contribution >= 4 is 5.91 Å². The summed E-state index contributed by atoms with van der Waals surface area (Å²) in [5.41, 5.74) is 0.589. The van der Waals surface area contributed by atoms with Crippen molar-refractivity contribution in [3.63, 3.8) is 0 Å². The van der Waals surface area contributed by atoms with Crippen LogP contribution in [0.2, 0.25) is 0 Å². The molecular formula is C11H17NO. The van der Waals surface area contributed by atoms with Gasteiger partial charge < -0.3 is 4.90 Å². The fourth-order valence-electron chi connectivity index (χ4n) is 1.01. The lowest BCUT2D eigenvalue weighted by Crippen LogP contribution is -2.28. The van der Waals surface area contributed by atoms with E-state index in [4.69, 9.17) is 0 Å². The lowest BCUT2D eigenvalue weighted by Gasteiger charge is -2.16. The number of hydrogen-bond donors (Lipinski definition) is 0. The average Bonchev–Trinajstić information content (AvgIpc) is 2.13. The largest absolute Gasteiger partial charge is 0.342 e. The van der Waals surface area contributed by atoms with Crippen molar-refractivity contribution in [2.24, 2.45) is 0 Å². The Morgan fingerprint density at radius 1 is 1.46 bits per heavy atom. The number of hydrogen-bond acceptors (Lipinski definition) is 1. The Morgan fingerprint density at radius 2 is 2.08 bits per heavy atom. The van der Waals surface area contributed by atoms with Crippen LogP contribution < -0.4 is 0 Å². The first-order valence-electron chi connectivity index (χ1n) is 4.38. The third kappa shape index (κ3) is 3.74. The Labute approximate surface area is 80.2 Å². The molecule has 0 spiro atoms. The molecule has 2 heteroatoms. The minimum Gasteiger partial charge on any atom is -0.342 e. The first kappa shape index (κ1) is 11.7. The quantitative estimate of drug-likeness (QED) is 0.468. The first-order chi connectivity index (χ1) is 6.17. The van der Waals surface area contributed by atoms with Crippen LogP contribution in [0.25, 0.3) is 0 Å². The summed E-state index contributed by atoms with van der Waals surface area (Å²) in [6.45, 7) is 9.92. The van der Waals surface area contributed by atoms with Crippen LogP contribution in [0.1, 0.15) is 13.3 Å². The maximum Gasteiger partial charge on any atom is 0.253 e. The minimum absolute atomic E-state index is 0.00301. The van der Waals surface area contributed by atoms with E-state index in [9.17, 15) is 4.79 Å². The van der Waals surface area contributed by atoms with Crippen LogP contribution in [0, 0.1) is 0 Å². The Bertz CT molecular complexity index is 228. The minimum atomic E-state index is -0.00301. The fourth-order valence-corrected chi connectivity index (χ4v) is 1.01. The molecule has 0 radical (unpaired) electrons. The van der Waals surface area contributed by atoms with Gasteiger partial charge in [-0.1, -0.05) is 38.3 Å². The highest BCUT2D eigenvalue weighted by Gasteiger charge is 2.09. The second-order valence-electron chi connectivity index (χ2n) is 2.79. The van der Waals surface area contributed by atoms with Crippen molar-refractivity contribution in [1.82, 2.24) is 4.90 Å². The molecular weight excluding hydrogens is 162 g/mol. The molecule has 0 N–H and O–H groups in total. The molecule has 13 heavy (non-hydrogen) atoms. The summed E-state index contributed by atoms with van der Waals surface area (Å²) in [4.78, 5) is 13.3. The number of carbonyl (C=O) groups is 1. The molecule has 0 saturated heterocycles. The smallest absolute Gasteiger partial charge is 0.253 e. The van der Waals surface area contributed by atoms with Gasteiger partial charge in [0, 0.05) is 19.2 Å². The molecule has 0 saturated carbocycles. The zero-order valence-electron chi connectivity index (χ0n) is 8.42. The second kappa shape index (κ2) is 6.23. The number of likely N-dealkylation sites (N-methyl/N-ethyl adjacent to an activating group) is 1. The summed E-state index contributed by atoms with van der Waals surface area (Å²) in [5.74, 6) is -0.00301. The van der Waals surface area contributed by atoms with Crippen LogP contribution in [0.15, 0.2) is 37.0 Å². The van der Waals surface area contributed by atoms with E-state index < -0.39 is 0 Å². The molecule has 0 aromatic carbocycles. The highest BCUT2D eigenvalue weighted by atomic mass is 16.2. The Hall–Kier alpha value is -1.31. The molecule has 0 aliphatic rings. The van der Waals surface area contributed by atoms with Crippen LogP contribution >= 0.6 is 0 Å². The van der Waals surface area contributed by atoms with E-state index in [2.05, 4.69) is 13.2 Å². The van der Waals surface area contributed by atoms with Gasteiger partial charge in [-0.05, 0) is 6.42 Å². The second-order valence-corrected chi connectivity index (χ2v) is 2.79. The standard InChI is InChI=1S/C11H17NO/c1-5-8-10(7-3)11(13)12(4)9-6-2/h5,7-8H,1,3,6,9H2,2,4H3/b10-8+. The van der Waals surface area contributed by atoms with E-state index in [1.54, 1.807) is 30.2 Å². The van der Waals surface area contributed by atoms with Gasteiger partial charge in [-0.15, -0.1) is 0 Å². The Kier molecular flexibility index (Phi) is 5.60. The van der Waals surface area contributed by atoms with E-state index in [0.717, 1.165) is 13.0 Å². The lowest BCUT2D eigenvalue weighted by atomic mass is 10.2. The number of carbonyl (C=O) groups excluding carboxylic acids is 1. The van der Waals surface area contributed by atoms with Crippen molar-refractivity contribution in [3.8, 4) is 0 Å². The van der Waals surface area contributed by atoms with Crippen molar-refractivity contribution in [1.29, 1.82) is 0 Å². The molecule has 0 aliphatic carbocycles. The van der Waals surface area contributed by atoms with E-state index in [1.165, 1.54) is 0 Å². The zero-order chi connectivity index (χ0) is 10.3. The van der Waals surface area contributed by atoms with Crippen molar-refractivity contribution in [2.75, 3.05) is 13.6 Å². The summed E-state index contributed by atoms with van der Waals surface area (Å²) in [5, 5.41) is 0. The predicted molar refractivity (Wildman–Crippen MR) is 56.4 cm³/mol. The van der Waals surface area contributed by atoms with Crippen molar-refractivity contribution < 1.29 is 4.79 Å². The first-order valence-corrected chi connectivity index (χ1v) is 4.38. The van der Waals surface area contributed by atoms with Gasteiger partial charge in [0.1, 0.15) is 0 Å². The lowest BCUT2D eigenvalue weighted by molar-refractivity contribution is -0.125. The molecule has 2 nitrogen and oxygen atoms in total. The summed E-state index contributed by atoms with van der Waals surface area (Å²) < 4.78 is 0. The summed E-state index contributed by atoms with van der Waals surface area (Å²) in [7, 11) is 1.78. The average molecular weight is 179 g/mol. The van der Waals surface area contributed by atoms with Gasteiger partial charge in [-0.3, -0.25) is 4.79 Å². The van der Waals surface area contributed by atoms with Gasteiger partial charge >= 0.3 is 0 Å². The van der Waals surface area contributed by atoms with Gasteiger partial charge in [0.25, 0.3) is 5.91 Å². The topological polar surface area (TPSA) is 20.3 Å². The maximum absolute atomic E-state index is 11.6. The van der Waals surface area contributed by atoms with E-state index in [-0.39, 0.29) is 5.91 Å². The van der Waals surface area contributed by atoms with E-state index in [1.807, 2.05) is 6.92 Å².